The van der Waals surface area contributed by atoms with Crippen LogP contribution >= 0.6 is 11.8 Å². The van der Waals surface area contributed by atoms with Gasteiger partial charge in [-0.1, -0.05) is 6.42 Å². The summed E-state index contributed by atoms with van der Waals surface area (Å²) in [6, 6.07) is 3.35. The first-order chi connectivity index (χ1) is 8.72. The Bertz CT molecular complexity index is 438. The van der Waals surface area contributed by atoms with Crippen LogP contribution in [0.15, 0.2) is 6.07 Å². The van der Waals surface area contributed by atoms with Gasteiger partial charge in [-0.05, 0) is 56.9 Å². The van der Waals surface area contributed by atoms with Crippen molar-refractivity contribution in [3.05, 3.63) is 23.0 Å². The third kappa shape index (κ3) is 1.92. The normalized spacial score (nSPS) is 31.6. The van der Waals surface area contributed by atoms with Gasteiger partial charge in [-0.15, -0.1) is 0 Å². The summed E-state index contributed by atoms with van der Waals surface area (Å²) in [5.74, 6) is 0. The van der Waals surface area contributed by atoms with E-state index in [9.17, 15) is 0 Å². The van der Waals surface area contributed by atoms with Gasteiger partial charge in [0.15, 0.2) is 0 Å². The maximum Gasteiger partial charge on any atom is 0.0454 e. The predicted molar refractivity (Wildman–Crippen MR) is 79.2 cm³/mol. The highest BCUT2D eigenvalue weighted by Gasteiger charge is 2.32. The fraction of sp³-hybridized carbons (Fsp3) is 0.733. The molecule has 18 heavy (non-hydrogen) atoms. The zero-order valence-corrected chi connectivity index (χ0v) is 12.3. The molecular weight excluding hydrogens is 240 g/mol. The van der Waals surface area contributed by atoms with Crippen LogP contribution in [0.1, 0.15) is 61.1 Å². The van der Waals surface area contributed by atoms with E-state index >= 15 is 0 Å². The molecule has 0 bridgehead atoms. The van der Waals surface area contributed by atoms with Gasteiger partial charge in [0.05, 0.1) is 0 Å². The monoisotopic (exact) mass is 264 g/mol. The van der Waals surface area contributed by atoms with Gasteiger partial charge in [0.1, 0.15) is 0 Å². The minimum atomic E-state index is 0.280. The van der Waals surface area contributed by atoms with Gasteiger partial charge in [0, 0.05) is 28.7 Å². The van der Waals surface area contributed by atoms with Crippen molar-refractivity contribution in [2.75, 3.05) is 6.26 Å². The van der Waals surface area contributed by atoms with Crippen molar-refractivity contribution < 1.29 is 0 Å². The Balaban J connectivity index is 2.01. The lowest BCUT2D eigenvalue weighted by molar-refractivity contribution is 0.474. The van der Waals surface area contributed by atoms with Crippen LogP contribution in [0.25, 0.3) is 0 Å². The molecule has 0 aliphatic heterocycles. The minimum absolute atomic E-state index is 0.280. The Morgan fingerprint density at radius 3 is 2.89 bits per heavy atom. The molecule has 0 spiro atoms. The van der Waals surface area contributed by atoms with E-state index in [1.54, 1.807) is 5.69 Å². The standard InChI is InChI=1S/C15H24N2S/c1-10-9-11-12(16)5-3-6-13(11)17(10)14-7-4-8-15(14)18-2/h9,12,14-15H,3-8,16H2,1-2H3. The highest BCUT2D eigenvalue weighted by molar-refractivity contribution is 7.99. The van der Waals surface area contributed by atoms with Crippen LogP contribution in [0.3, 0.4) is 0 Å². The molecular formula is C15H24N2S. The van der Waals surface area contributed by atoms with Crippen molar-refractivity contribution in [3.8, 4) is 0 Å². The van der Waals surface area contributed by atoms with E-state index in [1.165, 1.54) is 43.4 Å². The van der Waals surface area contributed by atoms with E-state index in [0.29, 0.717) is 6.04 Å². The first-order valence-electron chi connectivity index (χ1n) is 7.21. The number of aromatic nitrogens is 1. The first kappa shape index (κ1) is 12.6. The van der Waals surface area contributed by atoms with Crippen LogP contribution in [0.2, 0.25) is 0 Å². The predicted octanol–water partition coefficient (Wildman–Crippen LogP) is 3.59. The second kappa shape index (κ2) is 4.93. The van der Waals surface area contributed by atoms with Crippen LogP contribution in [0.5, 0.6) is 0 Å². The molecule has 1 aromatic heterocycles. The first-order valence-corrected chi connectivity index (χ1v) is 8.50. The van der Waals surface area contributed by atoms with Crippen molar-refractivity contribution in [1.29, 1.82) is 0 Å². The van der Waals surface area contributed by atoms with Crippen LogP contribution in [0.4, 0.5) is 0 Å². The smallest absolute Gasteiger partial charge is 0.0454 e. The fourth-order valence-electron chi connectivity index (χ4n) is 3.90. The van der Waals surface area contributed by atoms with E-state index in [2.05, 4.69) is 23.8 Å². The Labute approximate surface area is 114 Å². The summed E-state index contributed by atoms with van der Waals surface area (Å²) >= 11 is 2.05. The summed E-state index contributed by atoms with van der Waals surface area (Å²) in [5.41, 5.74) is 10.7. The quantitative estimate of drug-likeness (QED) is 0.885. The molecule has 3 heteroatoms. The molecule has 1 heterocycles. The van der Waals surface area contributed by atoms with Crippen LogP contribution in [0, 0.1) is 6.92 Å². The van der Waals surface area contributed by atoms with Gasteiger partial charge in [-0.25, -0.2) is 0 Å². The molecule has 0 amide bonds. The van der Waals surface area contributed by atoms with E-state index in [1.807, 2.05) is 11.8 Å². The average molecular weight is 264 g/mol. The molecule has 2 N–H and O–H groups in total. The molecule has 1 aromatic rings. The molecule has 1 fully saturated rings. The van der Waals surface area contributed by atoms with Crippen molar-refractivity contribution in [2.45, 2.75) is 62.8 Å². The van der Waals surface area contributed by atoms with E-state index in [4.69, 9.17) is 5.73 Å². The van der Waals surface area contributed by atoms with Crippen LogP contribution in [-0.2, 0) is 6.42 Å². The molecule has 3 unspecified atom stereocenters. The largest absolute Gasteiger partial charge is 0.344 e. The topological polar surface area (TPSA) is 30.9 Å². The van der Waals surface area contributed by atoms with Gasteiger partial charge in [-0.2, -0.15) is 11.8 Å². The Hall–Kier alpha value is -0.410. The number of hydrogen-bond donors (Lipinski definition) is 1. The second-order valence-electron chi connectivity index (χ2n) is 5.83. The maximum atomic E-state index is 6.28. The number of thioether (sulfide) groups is 1. The molecule has 0 radical (unpaired) electrons. The number of nitrogens with zero attached hydrogens (tertiary/aromatic N) is 1. The van der Waals surface area contributed by atoms with Gasteiger partial charge in [-0.3, -0.25) is 0 Å². The molecule has 100 valence electrons. The van der Waals surface area contributed by atoms with Crippen molar-refractivity contribution in [2.24, 2.45) is 5.73 Å². The summed E-state index contributed by atoms with van der Waals surface area (Å²) in [7, 11) is 0. The molecule has 2 aliphatic rings. The third-order valence-corrected chi connectivity index (χ3v) is 5.90. The van der Waals surface area contributed by atoms with E-state index in [0.717, 1.165) is 11.7 Å². The SMILES string of the molecule is CSC1CCCC1n1c(C)cc2c1CCCC2N. The van der Waals surface area contributed by atoms with Gasteiger partial charge >= 0.3 is 0 Å². The summed E-state index contributed by atoms with van der Waals surface area (Å²) in [6.45, 7) is 2.26. The van der Waals surface area contributed by atoms with E-state index in [-0.39, 0.29) is 6.04 Å². The van der Waals surface area contributed by atoms with Crippen LogP contribution < -0.4 is 5.73 Å². The van der Waals surface area contributed by atoms with Crippen molar-refractivity contribution in [1.82, 2.24) is 4.57 Å². The molecule has 3 atom stereocenters. The van der Waals surface area contributed by atoms with Crippen molar-refractivity contribution >= 4 is 11.8 Å². The number of nitrogens with two attached hydrogens (primary N) is 1. The molecule has 2 nitrogen and oxygen atoms in total. The van der Waals surface area contributed by atoms with Gasteiger partial charge < -0.3 is 10.3 Å². The summed E-state index contributed by atoms with van der Waals surface area (Å²) < 4.78 is 2.64. The van der Waals surface area contributed by atoms with Gasteiger partial charge in [0.2, 0.25) is 0 Å². The summed E-state index contributed by atoms with van der Waals surface area (Å²) in [5, 5.41) is 0.804. The third-order valence-electron chi connectivity index (χ3n) is 4.75. The van der Waals surface area contributed by atoms with E-state index < -0.39 is 0 Å². The maximum absolute atomic E-state index is 6.28. The molecule has 2 aliphatic carbocycles. The summed E-state index contributed by atoms with van der Waals surface area (Å²) in [4.78, 5) is 0. The lowest BCUT2D eigenvalue weighted by atomic mass is 9.93. The highest BCUT2D eigenvalue weighted by Crippen LogP contribution is 2.42. The number of hydrogen-bond acceptors (Lipinski definition) is 2. The lowest BCUT2D eigenvalue weighted by Gasteiger charge is -2.27. The van der Waals surface area contributed by atoms with Crippen molar-refractivity contribution in [3.63, 3.8) is 0 Å². The molecule has 0 saturated heterocycles. The average Bonchev–Trinajstić information content (AvgIpc) is 2.93. The molecule has 1 saturated carbocycles. The van der Waals surface area contributed by atoms with Gasteiger partial charge in [0.25, 0.3) is 0 Å². The number of fused-ring (bicyclic) bond motifs is 1. The highest BCUT2D eigenvalue weighted by atomic mass is 32.2. The van der Waals surface area contributed by atoms with Crippen LogP contribution in [-0.4, -0.2) is 16.1 Å². The Kier molecular flexibility index (Phi) is 3.46. The Morgan fingerprint density at radius 1 is 1.28 bits per heavy atom. The lowest BCUT2D eigenvalue weighted by Crippen LogP contribution is -2.23. The molecule has 3 rings (SSSR count). The zero-order valence-electron chi connectivity index (χ0n) is 11.5. The number of aryl methyl sites for hydroxylation is 1. The Morgan fingerprint density at radius 2 is 2.11 bits per heavy atom. The zero-order chi connectivity index (χ0) is 12.7. The fourth-order valence-corrected chi connectivity index (χ4v) is 4.87. The number of rotatable bonds is 2. The minimum Gasteiger partial charge on any atom is -0.344 e. The second-order valence-corrected chi connectivity index (χ2v) is 6.91. The molecule has 0 aromatic carbocycles. The summed E-state index contributed by atoms with van der Waals surface area (Å²) in [6.07, 6.45) is 10.0.